The van der Waals surface area contributed by atoms with Gasteiger partial charge in [-0.3, -0.25) is 19.5 Å². The van der Waals surface area contributed by atoms with Gasteiger partial charge in [0.2, 0.25) is 6.41 Å². The molecule has 4 heterocycles. The van der Waals surface area contributed by atoms with E-state index in [4.69, 9.17) is 15.5 Å². The molecule has 1 amide bonds. The molecule has 2 N–H and O–H groups in total. The summed E-state index contributed by atoms with van der Waals surface area (Å²) in [6.07, 6.45) is 8.13. The van der Waals surface area contributed by atoms with Crippen molar-refractivity contribution >= 4 is 28.7 Å². The molecule has 2 aliphatic heterocycles. The lowest BCUT2D eigenvalue weighted by Gasteiger charge is -2.28. The molecule has 0 spiro atoms. The van der Waals surface area contributed by atoms with Crippen LogP contribution in [0.1, 0.15) is 18.4 Å². The van der Waals surface area contributed by atoms with Crippen molar-refractivity contribution in [3.8, 4) is 11.1 Å². The number of nitrogens with zero attached hydrogens (tertiary/aromatic N) is 5. The summed E-state index contributed by atoms with van der Waals surface area (Å²) in [5, 5.41) is 5.23. The first kappa shape index (κ1) is 20.4. The number of fused-ring (bicyclic) bond motifs is 1. The second-order valence-corrected chi connectivity index (χ2v) is 8.31. The Labute approximate surface area is 186 Å². The number of piperidine rings is 1. The standard InChI is InChI=1S/C24H26N6O2/c1-29-12-17(11-27-29)16-9-20-19(3-2-4-22(20)26-10-16)24(25)21-13-30(15-31)7-5-23(21)28-18-6-8-32-14-18/h2-4,9-12,15,18H,5-8,13-14,25H2,1H3. The highest BCUT2D eigenvalue weighted by Gasteiger charge is 2.25. The van der Waals surface area contributed by atoms with Crippen LogP contribution in [0.15, 0.2) is 53.4 Å². The molecule has 2 saturated heterocycles. The normalized spacial score (nSPS) is 22.0. The molecule has 1 unspecified atom stereocenters. The number of aryl methyl sites for hydroxylation is 1. The minimum Gasteiger partial charge on any atom is -0.398 e. The minimum atomic E-state index is 0.155. The number of ether oxygens (including phenoxy) is 1. The topological polar surface area (TPSA) is 98.6 Å². The molecular formula is C24H26N6O2. The summed E-state index contributed by atoms with van der Waals surface area (Å²) in [6, 6.07) is 8.21. The number of hydrogen-bond acceptors (Lipinski definition) is 6. The van der Waals surface area contributed by atoms with Crippen molar-refractivity contribution in [1.82, 2.24) is 19.7 Å². The van der Waals surface area contributed by atoms with Gasteiger partial charge < -0.3 is 15.4 Å². The number of amides is 1. The molecule has 0 radical (unpaired) electrons. The lowest BCUT2D eigenvalue weighted by molar-refractivity contribution is -0.117. The smallest absolute Gasteiger partial charge is 0.210 e. The highest BCUT2D eigenvalue weighted by molar-refractivity contribution is 6.09. The summed E-state index contributed by atoms with van der Waals surface area (Å²) in [7, 11) is 1.89. The van der Waals surface area contributed by atoms with Gasteiger partial charge in [0.15, 0.2) is 0 Å². The van der Waals surface area contributed by atoms with Crippen molar-refractivity contribution in [2.75, 3.05) is 26.3 Å². The van der Waals surface area contributed by atoms with Crippen LogP contribution < -0.4 is 5.73 Å². The quantitative estimate of drug-likeness (QED) is 0.641. The molecule has 5 rings (SSSR count). The number of benzene rings is 1. The maximum absolute atomic E-state index is 11.5. The van der Waals surface area contributed by atoms with Gasteiger partial charge in [0.25, 0.3) is 0 Å². The lowest BCUT2D eigenvalue weighted by Crippen LogP contribution is -2.36. The van der Waals surface area contributed by atoms with Gasteiger partial charge in [0.05, 0.1) is 24.4 Å². The van der Waals surface area contributed by atoms with E-state index in [0.29, 0.717) is 31.8 Å². The van der Waals surface area contributed by atoms with Crippen LogP contribution in [0, 0.1) is 0 Å². The highest BCUT2D eigenvalue weighted by Crippen LogP contribution is 2.30. The Morgan fingerprint density at radius 3 is 2.97 bits per heavy atom. The van der Waals surface area contributed by atoms with Crippen molar-refractivity contribution in [3.63, 3.8) is 0 Å². The van der Waals surface area contributed by atoms with E-state index in [-0.39, 0.29) is 6.04 Å². The van der Waals surface area contributed by atoms with Gasteiger partial charge in [-0.25, -0.2) is 0 Å². The number of carbonyl (C=O) groups excluding carboxylic acids is 1. The molecule has 1 atom stereocenters. The van der Waals surface area contributed by atoms with Crippen molar-refractivity contribution in [2.45, 2.75) is 18.9 Å². The molecule has 0 bridgehead atoms. The number of likely N-dealkylation sites (tertiary alicyclic amines) is 1. The van der Waals surface area contributed by atoms with E-state index in [1.807, 2.05) is 43.8 Å². The van der Waals surface area contributed by atoms with Gasteiger partial charge in [-0.2, -0.15) is 5.10 Å². The van der Waals surface area contributed by atoms with E-state index in [2.05, 4.69) is 16.1 Å². The van der Waals surface area contributed by atoms with Crippen LogP contribution >= 0.6 is 0 Å². The fourth-order valence-electron chi connectivity index (χ4n) is 4.37. The molecule has 0 aliphatic carbocycles. The first-order chi connectivity index (χ1) is 15.6. The average molecular weight is 431 g/mol. The fourth-order valence-corrected chi connectivity index (χ4v) is 4.37. The van der Waals surface area contributed by atoms with E-state index < -0.39 is 0 Å². The van der Waals surface area contributed by atoms with Gasteiger partial charge in [-0.15, -0.1) is 0 Å². The molecule has 2 aliphatic rings. The van der Waals surface area contributed by atoms with E-state index in [1.54, 1.807) is 9.58 Å². The lowest BCUT2D eigenvalue weighted by atomic mass is 9.94. The van der Waals surface area contributed by atoms with Crippen LogP contribution in [0.2, 0.25) is 0 Å². The molecule has 2 fully saturated rings. The maximum atomic E-state index is 11.5. The minimum absolute atomic E-state index is 0.155. The number of rotatable bonds is 4. The summed E-state index contributed by atoms with van der Waals surface area (Å²) < 4.78 is 7.27. The number of carbonyl (C=O) groups is 1. The van der Waals surface area contributed by atoms with Gasteiger partial charge in [0.1, 0.15) is 0 Å². The Hall–Kier alpha value is -3.52. The second kappa shape index (κ2) is 8.55. The van der Waals surface area contributed by atoms with Crippen LogP contribution in [-0.4, -0.2) is 64.1 Å². The monoisotopic (exact) mass is 430 g/mol. The van der Waals surface area contributed by atoms with Crippen LogP contribution in [0.3, 0.4) is 0 Å². The van der Waals surface area contributed by atoms with Crippen LogP contribution in [0.5, 0.6) is 0 Å². The third-order valence-corrected chi connectivity index (χ3v) is 6.12. The second-order valence-electron chi connectivity index (χ2n) is 8.31. The Morgan fingerprint density at radius 1 is 1.31 bits per heavy atom. The van der Waals surface area contributed by atoms with E-state index >= 15 is 0 Å². The van der Waals surface area contributed by atoms with Gasteiger partial charge in [0, 0.05) is 84.6 Å². The average Bonchev–Trinajstić information content (AvgIpc) is 3.50. The molecule has 8 heteroatoms. The summed E-state index contributed by atoms with van der Waals surface area (Å²) >= 11 is 0. The predicted octanol–water partition coefficient (Wildman–Crippen LogP) is 2.40. The van der Waals surface area contributed by atoms with Crippen molar-refractivity contribution in [3.05, 3.63) is 54.0 Å². The van der Waals surface area contributed by atoms with E-state index in [1.165, 1.54) is 0 Å². The fraction of sp³-hybridized carbons (Fsp3) is 0.333. The summed E-state index contributed by atoms with van der Waals surface area (Å²) in [5.74, 6) is 0. The largest absolute Gasteiger partial charge is 0.398 e. The Balaban J connectivity index is 1.63. The van der Waals surface area contributed by atoms with Crippen LogP contribution in [0.4, 0.5) is 0 Å². The van der Waals surface area contributed by atoms with E-state index in [9.17, 15) is 4.79 Å². The molecule has 8 nitrogen and oxygen atoms in total. The highest BCUT2D eigenvalue weighted by atomic mass is 16.5. The zero-order chi connectivity index (χ0) is 22.1. The molecule has 1 aromatic carbocycles. The third kappa shape index (κ3) is 3.89. The van der Waals surface area contributed by atoms with Gasteiger partial charge >= 0.3 is 0 Å². The van der Waals surface area contributed by atoms with Gasteiger partial charge in [-0.1, -0.05) is 12.1 Å². The Bertz CT molecular complexity index is 1220. The van der Waals surface area contributed by atoms with Crippen molar-refractivity contribution < 1.29 is 9.53 Å². The van der Waals surface area contributed by atoms with E-state index in [0.717, 1.165) is 58.3 Å². The third-order valence-electron chi connectivity index (χ3n) is 6.12. The molecule has 2 aromatic heterocycles. The number of aromatic nitrogens is 3. The van der Waals surface area contributed by atoms with Gasteiger partial charge in [-0.05, 0) is 18.6 Å². The SMILES string of the molecule is Cn1cc(-c2cnc3cccc(C(N)=C4CN(C=O)CCC4=NC4CCOC4)c3c2)cn1. The zero-order valence-corrected chi connectivity index (χ0v) is 18.1. The number of hydrogen-bond donors (Lipinski definition) is 1. The molecule has 164 valence electrons. The molecule has 32 heavy (non-hydrogen) atoms. The summed E-state index contributed by atoms with van der Waals surface area (Å²) in [5.41, 5.74) is 13.1. The molecule has 0 saturated carbocycles. The van der Waals surface area contributed by atoms with Crippen LogP contribution in [-0.2, 0) is 16.6 Å². The van der Waals surface area contributed by atoms with Crippen LogP contribution in [0.25, 0.3) is 27.7 Å². The summed E-state index contributed by atoms with van der Waals surface area (Å²) in [4.78, 5) is 22.9. The number of nitrogens with two attached hydrogens (primary N) is 1. The summed E-state index contributed by atoms with van der Waals surface area (Å²) in [6.45, 7) is 2.48. The zero-order valence-electron chi connectivity index (χ0n) is 18.1. The number of aliphatic imine (C=N–C) groups is 1. The molecular weight excluding hydrogens is 404 g/mol. The maximum Gasteiger partial charge on any atom is 0.210 e. The predicted molar refractivity (Wildman–Crippen MR) is 124 cm³/mol. The van der Waals surface area contributed by atoms with Crippen molar-refractivity contribution in [2.24, 2.45) is 17.8 Å². The first-order valence-electron chi connectivity index (χ1n) is 10.8. The molecule has 3 aromatic rings. The Morgan fingerprint density at radius 2 is 2.22 bits per heavy atom. The first-order valence-corrected chi connectivity index (χ1v) is 10.8. The van der Waals surface area contributed by atoms with Crippen molar-refractivity contribution in [1.29, 1.82) is 0 Å². The Kier molecular flexibility index (Phi) is 5.45. The number of pyridine rings is 1.